The van der Waals surface area contributed by atoms with E-state index in [1.165, 1.54) is 11.8 Å². The van der Waals surface area contributed by atoms with Gasteiger partial charge in [0, 0.05) is 30.9 Å². The highest BCUT2D eigenvalue weighted by molar-refractivity contribution is 8.76. The summed E-state index contributed by atoms with van der Waals surface area (Å²) in [6, 6.07) is -2.75. The van der Waals surface area contributed by atoms with E-state index in [9.17, 15) is 53.1 Å². The summed E-state index contributed by atoms with van der Waals surface area (Å²) in [6.45, 7) is 6.44. The molecule has 0 saturated carbocycles. The number of likely N-dealkylation sites (tertiary alicyclic amines) is 1. The number of amides is 9. The minimum absolute atomic E-state index is 0.0198. The molecule has 2 saturated heterocycles. The van der Waals surface area contributed by atoms with Gasteiger partial charge in [0.2, 0.25) is 53.2 Å². The molecule has 2 aliphatic heterocycles. The van der Waals surface area contributed by atoms with Crippen molar-refractivity contribution in [2.45, 2.75) is 127 Å². The van der Waals surface area contributed by atoms with Gasteiger partial charge in [-0.2, -0.15) is 0 Å². The van der Waals surface area contributed by atoms with Gasteiger partial charge in [-0.3, -0.25) is 47.9 Å². The molecule has 25 heteroatoms. The van der Waals surface area contributed by atoms with Crippen molar-refractivity contribution in [3.8, 4) is 5.75 Å². The number of benzene rings is 1. The van der Waals surface area contributed by atoms with Crippen molar-refractivity contribution in [2.24, 2.45) is 17.4 Å². The highest BCUT2D eigenvalue weighted by atomic mass is 33.1. The Kier molecular flexibility index (Phi) is 23.8. The van der Waals surface area contributed by atoms with E-state index in [0.717, 1.165) is 21.6 Å². The summed E-state index contributed by atoms with van der Waals surface area (Å²) < 4.78 is 5.53. The molecular weight excluding hydrogens is 929 g/mol. The second-order valence-corrected chi connectivity index (χ2v) is 19.1. The van der Waals surface area contributed by atoms with Crippen molar-refractivity contribution in [3.05, 3.63) is 29.8 Å². The minimum atomic E-state index is -1.74. The number of carboxylic acids is 1. The molecule has 378 valence electrons. The van der Waals surface area contributed by atoms with Crippen molar-refractivity contribution in [2.75, 3.05) is 37.7 Å². The average molecular weight is 995 g/mol. The smallest absolute Gasteiger partial charge is 0.322 e. The van der Waals surface area contributed by atoms with Gasteiger partial charge in [-0.05, 0) is 69.7 Å². The first-order valence-electron chi connectivity index (χ1n) is 22.5. The number of rotatable bonds is 18. The van der Waals surface area contributed by atoms with Gasteiger partial charge in [-0.1, -0.05) is 54.0 Å². The van der Waals surface area contributed by atoms with E-state index in [2.05, 4.69) is 37.2 Å². The Bertz CT molecular complexity index is 1950. The molecule has 1 aromatic rings. The number of nitrogens with one attached hydrogen (secondary N) is 7. The maximum Gasteiger partial charge on any atom is 0.322 e. The third kappa shape index (κ3) is 18.1. The van der Waals surface area contributed by atoms with Crippen LogP contribution in [0.2, 0.25) is 0 Å². The van der Waals surface area contributed by atoms with Crippen molar-refractivity contribution in [3.63, 3.8) is 0 Å². The van der Waals surface area contributed by atoms with E-state index in [1.807, 2.05) is 6.92 Å². The molecule has 2 aliphatic rings. The SMILES string of the molecule is CCOc1ccc(C[C@H]2NC(=O)CCSSC[C@@H](C(=O)N3CCC[C@H]3C(=O)N[C@@H](CCCN)C(=O)NCC(=O)O)NC(=O)[C@H](CC(N)=O)NC(=O)[C@H]([C@@H](C)O)NC(=O)C([C@@H](C)CC)NC2=O)cc1. The first kappa shape index (κ1) is 56.7. The highest BCUT2D eigenvalue weighted by Crippen LogP contribution is 2.26. The van der Waals surface area contributed by atoms with Crippen LogP contribution in [0.25, 0.3) is 0 Å². The molecule has 0 aromatic heterocycles. The Morgan fingerprint density at radius 3 is 2.18 bits per heavy atom. The molecule has 2 heterocycles. The predicted octanol–water partition coefficient (Wildman–Crippen LogP) is -2.45. The Morgan fingerprint density at radius 1 is 0.897 bits per heavy atom. The monoisotopic (exact) mass is 994 g/mol. The van der Waals surface area contributed by atoms with E-state index in [4.69, 9.17) is 21.3 Å². The van der Waals surface area contributed by atoms with Crippen LogP contribution in [0, 0.1) is 5.92 Å². The summed E-state index contributed by atoms with van der Waals surface area (Å²) in [7, 11) is 2.25. The van der Waals surface area contributed by atoms with Crippen LogP contribution in [0.15, 0.2) is 24.3 Å². The van der Waals surface area contributed by atoms with E-state index < -0.39 is 126 Å². The number of nitrogens with two attached hydrogens (primary N) is 2. The van der Waals surface area contributed by atoms with Crippen LogP contribution in [0.1, 0.15) is 78.2 Å². The second kappa shape index (κ2) is 28.6. The summed E-state index contributed by atoms with van der Waals surface area (Å²) in [5.74, 6) is -8.76. The Hall–Kier alpha value is -5.66. The minimum Gasteiger partial charge on any atom is -0.494 e. The van der Waals surface area contributed by atoms with Gasteiger partial charge in [0.25, 0.3) is 0 Å². The molecule has 1 unspecified atom stereocenters. The second-order valence-electron chi connectivity index (χ2n) is 16.4. The largest absolute Gasteiger partial charge is 0.494 e. The Balaban J connectivity index is 1.99. The molecule has 9 amide bonds. The van der Waals surface area contributed by atoms with Crippen LogP contribution in [0.3, 0.4) is 0 Å². The number of carbonyl (C=O) groups is 10. The summed E-state index contributed by atoms with van der Waals surface area (Å²) in [4.78, 5) is 135. The van der Waals surface area contributed by atoms with E-state index >= 15 is 0 Å². The quantitative estimate of drug-likeness (QED) is 0.0681. The first-order valence-corrected chi connectivity index (χ1v) is 25.0. The van der Waals surface area contributed by atoms with Crippen molar-refractivity contribution < 1.29 is 62.9 Å². The number of primary amides is 1. The zero-order chi connectivity index (χ0) is 50.5. The van der Waals surface area contributed by atoms with Gasteiger partial charge in [0.1, 0.15) is 54.6 Å². The van der Waals surface area contributed by atoms with Crippen LogP contribution >= 0.6 is 21.6 Å². The number of carbonyl (C=O) groups excluding carboxylic acids is 9. The lowest BCUT2D eigenvalue weighted by atomic mass is 9.96. The highest BCUT2D eigenvalue weighted by Gasteiger charge is 2.41. The lowest BCUT2D eigenvalue weighted by molar-refractivity contribution is -0.142. The number of hydrogen-bond acceptors (Lipinski definition) is 15. The summed E-state index contributed by atoms with van der Waals surface area (Å²) in [5.41, 5.74) is 11.8. The Morgan fingerprint density at radius 2 is 1.56 bits per heavy atom. The number of hydrogen-bond donors (Lipinski definition) is 11. The summed E-state index contributed by atoms with van der Waals surface area (Å²) in [5, 5.41) is 37.5. The van der Waals surface area contributed by atoms with Crippen molar-refractivity contribution in [1.82, 2.24) is 42.1 Å². The predicted molar refractivity (Wildman–Crippen MR) is 251 cm³/mol. The Labute approximate surface area is 402 Å². The molecule has 9 atom stereocenters. The van der Waals surface area contributed by atoms with Gasteiger partial charge >= 0.3 is 5.97 Å². The van der Waals surface area contributed by atoms with Crippen LogP contribution in [0.4, 0.5) is 0 Å². The normalized spacial score (nSPS) is 23.8. The van der Waals surface area contributed by atoms with Crippen LogP contribution in [0.5, 0.6) is 5.75 Å². The van der Waals surface area contributed by atoms with Crippen LogP contribution < -0.4 is 53.4 Å². The summed E-state index contributed by atoms with van der Waals surface area (Å²) in [6.07, 6.45) is -1.19. The molecule has 13 N–H and O–H groups in total. The van der Waals surface area contributed by atoms with Gasteiger partial charge in [0.05, 0.1) is 19.1 Å². The lowest BCUT2D eigenvalue weighted by Gasteiger charge is -2.31. The zero-order valence-electron chi connectivity index (χ0n) is 38.7. The van der Waals surface area contributed by atoms with E-state index in [1.54, 1.807) is 38.1 Å². The number of aliphatic hydroxyl groups is 1. The fourth-order valence-electron chi connectivity index (χ4n) is 7.28. The van der Waals surface area contributed by atoms with Crippen LogP contribution in [-0.4, -0.2) is 160 Å². The van der Waals surface area contributed by atoms with Crippen molar-refractivity contribution in [1.29, 1.82) is 0 Å². The zero-order valence-corrected chi connectivity index (χ0v) is 40.3. The maximum atomic E-state index is 14.4. The van der Waals surface area contributed by atoms with Gasteiger partial charge in [-0.15, -0.1) is 0 Å². The lowest BCUT2D eigenvalue weighted by Crippen LogP contribution is -2.63. The number of aliphatic carboxylic acids is 1. The fraction of sp³-hybridized carbons (Fsp3) is 0.628. The number of nitrogens with zero attached hydrogens (tertiary/aromatic N) is 1. The first-order chi connectivity index (χ1) is 32.3. The standard InChI is InChI=1S/C43H66N10O13S2/c1-5-23(3)35-41(63)52-36(24(4)54)42(64)49-29(20-32(45)55)38(60)50-30(43(65)53-17-8-10-31(53)40(62)48-27(9-7-16-44)37(59)46-21-34(57)58)22-68-67-18-15-33(56)47-28(39(61)51-35)19-25-11-13-26(14-12-25)66-6-2/h11-14,23-24,27-31,35-36,54H,5-10,15-22,44H2,1-4H3,(H2,45,55)(H,46,59)(H,47,56)(H,48,62)(H,49,64)(H,50,60)(H,51,61)(H,52,63)(H,57,58)/t23-,24+,27-,28+,29-,30-,31-,35?,36-/m0/s1. The number of ether oxygens (including phenoxy) is 1. The molecule has 0 aliphatic carbocycles. The van der Waals surface area contributed by atoms with Crippen LogP contribution in [-0.2, 0) is 54.4 Å². The molecule has 3 rings (SSSR count). The molecule has 2 fully saturated rings. The topological polar surface area (TPSA) is 360 Å². The van der Waals surface area contributed by atoms with E-state index in [-0.39, 0.29) is 50.3 Å². The molecule has 68 heavy (non-hydrogen) atoms. The van der Waals surface area contributed by atoms with Crippen molar-refractivity contribution >= 4 is 80.7 Å². The average Bonchev–Trinajstić information content (AvgIpc) is 3.79. The van der Waals surface area contributed by atoms with E-state index in [0.29, 0.717) is 37.2 Å². The molecule has 0 bridgehead atoms. The number of aliphatic hydroxyl groups excluding tert-OH is 1. The van der Waals surface area contributed by atoms with Gasteiger partial charge in [0.15, 0.2) is 0 Å². The van der Waals surface area contributed by atoms with Gasteiger partial charge < -0.3 is 68.5 Å². The fourth-order valence-corrected chi connectivity index (χ4v) is 9.43. The molecule has 23 nitrogen and oxygen atoms in total. The third-order valence-corrected chi connectivity index (χ3v) is 13.6. The molecule has 0 spiro atoms. The third-order valence-electron chi connectivity index (χ3n) is 11.1. The number of carboxylic acid groups (broad SMARTS) is 1. The molecule has 1 aromatic carbocycles. The maximum absolute atomic E-state index is 14.4. The molecular formula is C43H66N10O13S2. The van der Waals surface area contributed by atoms with Gasteiger partial charge in [-0.25, -0.2) is 0 Å². The summed E-state index contributed by atoms with van der Waals surface area (Å²) >= 11 is 0. The molecule has 0 radical (unpaired) electrons.